The third kappa shape index (κ3) is 4.21. The Kier molecular flexibility index (Phi) is 5.86. The summed E-state index contributed by atoms with van der Waals surface area (Å²) in [5.41, 5.74) is 1.35. The summed E-state index contributed by atoms with van der Waals surface area (Å²) in [5, 5.41) is 8.99. The number of nitrogens with one attached hydrogen (secondary N) is 2. The monoisotopic (exact) mass is 294 g/mol. The topological polar surface area (TPSA) is 39.7 Å². The number of rotatable bonds is 5. The van der Waals surface area contributed by atoms with Crippen molar-refractivity contribution < 1.29 is 0 Å². The molecule has 2 N–H and O–H groups in total. The van der Waals surface area contributed by atoms with Gasteiger partial charge in [0.15, 0.2) is 5.96 Å². The first kappa shape index (κ1) is 15.3. The molecule has 1 aromatic heterocycles. The lowest BCUT2D eigenvalue weighted by Crippen LogP contribution is -2.39. The van der Waals surface area contributed by atoms with Crippen molar-refractivity contribution in [3.8, 4) is 0 Å². The molecule has 0 amide bonds. The minimum absolute atomic E-state index is 0.747. The van der Waals surface area contributed by atoms with E-state index in [2.05, 4.69) is 45.8 Å². The van der Waals surface area contributed by atoms with E-state index in [1.54, 1.807) is 11.3 Å². The van der Waals surface area contributed by atoms with E-state index in [1.165, 1.54) is 36.5 Å². The number of nitrogens with zero attached hydrogens (tertiary/aromatic N) is 2. The van der Waals surface area contributed by atoms with Gasteiger partial charge in [-0.25, -0.2) is 0 Å². The normalized spacial score (nSPS) is 20.4. The molecule has 0 aliphatic carbocycles. The molecule has 1 aromatic rings. The summed E-state index contributed by atoms with van der Waals surface area (Å²) in [7, 11) is 1.84. The van der Waals surface area contributed by atoms with E-state index in [1.807, 2.05) is 7.05 Å². The molecule has 1 unspecified atom stereocenters. The van der Waals surface area contributed by atoms with Gasteiger partial charge in [0.2, 0.25) is 0 Å². The lowest BCUT2D eigenvalue weighted by Gasteiger charge is -2.16. The first-order chi connectivity index (χ1) is 9.72. The number of thiophene rings is 1. The van der Waals surface area contributed by atoms with E-state index in [-0.39, 0.29) is 0 Å². The van der Waals surface area contributed by atoms with Crippen LogP contribution in [0.4, 0.5) is 0 Å². The zero-order valence-electron chi connectivity index (χ0n) is 12.8. The number of hydrogen-bond donors (Lipinski definition) is 2. The Labute approximate surface area is 126 Å². The number of likely N-dealkylation sites (tertiary alicyclic amines) is 1. The maximum Gasteiger partial charge on any atom is 0.191 e. The van der Waals surface area contributed by atoms with Gasteiger partial charge in [0.05, 0.1) is 6.54 Å². The van der Waals surface area contributed by atoms with Crippen LogP contribution in [0.5, 0.6) is 0 Å². The van der Waals surface area contributed by atoms with Gasteiger partial charge in [-0.1, -0.05) is 6.92 Å². The van der Waals surface area contributed by atoms with Crippen LogP contribution >= 0.6 is 11.3 Å². The standard InChI is InChI=1S/C15H26N4S/c1-4-19-7-5-13(11-19)9-17-15(16-3)18-10-14-12(2)6-8-20-14/h6,8,13H,4-5,7,9-11H2,1-3H3,(H2,16,17,18). The van der Waals surface area contributed by atoms with Crippen molar-refractivity contribution in [2.75, 3.05) is 33.2 Å². The average molecular weight is 294 g/mol. The van der Waals surface area contributed by atoms with Crippen LogP contribution < -0.4 is 10.6 Å². The first-order valence-corrected chi connectivity index (χ1v) is 8.30. The van der Waals surface area contributed by atoms with Crippen LogP contribution in [0.15, 0.2) is 16.4 Å². The molecule has 0 spiro atoms. The molecule has 1 aliphatic rings. The molecule has 20 heavy (non-hydrogen) atoms. The Morgan fingerprint density at radius 2 is 2.35 bits per heavy atom. The highest BCUT2D eigenvalue weighted by Gasteiger charge is 2.20. The summed E-state index contributed by atoms with van der Waals surface area (Å²) in [5.74, 6) is 1.66. The zero-order chi connectivity index (χ0) is 14.4. The second-order valence-corrected chi connectivity index (χ2v) is 6.38. The number of aliphatic imine (C=N–C) groups is 1. The SMILES string of the molecule is CCN1CCC(CNC(=NC)NCc2sccc2C)C1. The van der Waals surface area contributed by atoms with Crippen LogP contribution in [-0.4, -0.2) is 44.1 Å². The van der Waals surface area contributed by atoms with Crippen LogP contribution in [-0.2, 0) is 6.54 Å². The molecule has 4 nitrogen and oxygen atoms in total. The fraction of sp³-hybridized carbons (Fsp3) is 0.667. The van der Waals surface area contributed by atoms with Gasteiger partial charge < -0.3 is 15.5 Å². The van der Waals surface area contributed by atoms with E-state index in [4.69, 9.17) is 0 Å². The summed E-state index contributed by atoms with van der Waals surface area (Å²) in [6, 6.07) is 2.16. The summed E-state index contributed by atoms with van der Waals surface area (Å²) in [6.45, 7) is 9.88. The first-order valence-electron chi connectivity index (χ1n) is 7.42. The number of hydrogen-bond acceptors (Lipinski definition) is 3. The Balaban J connectivity index is 1.72. The second kappa shape index (κ2) is 7.64. The van der Waals surface area contributed by atoms with Gasteiger partial charge in [-0.3, -0.25) is 4.99 Å². The Bertz CT molecular complexity index is 441. The summed E-state index contributed by atoms with van der Waals surface area (Å²) < 4.78 is 0. The van der Waals surface area contributed by atoms with Gasteiger partial charge in [-0.2, -0.15) is 0 Å². The molecule has 1 fully saturated rings. The van der Waals surface area contributed by atoms with E-state index in [0.29, 0.717) is 0 Å². The molecule has 0 radical (unpaired) electrons. The number of guanidine groups is 1. The molecule has 2 rings (SSSR count). The quantitative estimate of drug-likeness (QED) is 0.645. The molecule has 112 valence electrons. The molecule has 1 saturated heterocycles. The van der Waals surface area contributed by atoms with Gasteiger partial charge >= 0.3 is 0 Å². The molecular formula is C15H26N4S. The lowest BCUT2D eigenvalue weighted by atomic mass is 10.1. The van der Waals surface area contributed by atoms with Crippen molar-refractivity contribution in [1.29, 1.82) is 0 Å². The minimum atomic E-state index is 0.747. The van der Waals surface area contributed by atoms with Gasteiger partial charge in [0, 0.05) is 25.0 Å². The maximum absolute atomic E-state index is 4.30. The van der Waals surface area contributed by atoms with Crippen molar-refractivity contribution in [1.82, 2.24) is 15.5 Å². The van der Waals surface area contributed by atoms with Crippen LogP contribution in [0.2, 0.25) is 0 Å². The van der Waals surface area contributed by atoms with Gasteiger partial charge in [0.25, 0.3) is 0 Å². The molecular weight excluding hydrogens is 268 g/mol. The fourth-order valence-corrected chi connectivity index (χ4v) is 3.42. The third-order valence-electron chi connectivity index (χ3n) is 3.98. The van der Waals surface area contributed by atoms with Gasteiger partial charge in [-0.05, 0) is 49.4 Å². The van der Waals surface area contributed by atoms with Crippen molar-refractivity contribution in [3.63, 3.8) is 0 Å². The summed E-state index contributed by atoms with van der Waals surface area (Å²) in [4.78, 5) is 8.19. The molecule has 1 aliphatic heterocycles. The highest BCUT2D eigenvalue weighted by atomic mass is 32.1. The highest BCUT2D eigenvalue weighted by molar-refractivity contribution is 7.10. The van der Waals surface area contributed by atoms with E-state index in [9.17, 15) is 0 Å². The van der Waals surface area contributed by atoms with Gasteiger partial charge in [-0.15, -0.1) is 11.3 Å². The smallest absolute Gasteiger partial charge is 0.191 e. The fourth-order valence-electron chi connectivity index (χ4n) is 2.58. The van der Waals surface area contributed by atoms with Crippen molar-refractivity contribution >= 4 is 17.3 Å². The lowest BCUT2D eigenvalue weighted by molar-refractivity contribution is 0.342. The predicted molar refractivity (Wildman–Crippen MR) is 87.5 cm³/mol. The Morgan fingerprint density at radius 1 is 1.50 bits per heavy atom. The largest absolute Gasteiger partial charge is 0.356 e. The van der Waals surface area contributed by atoms with E-state index >= 15 is 0 Å². The van der Waals surface area contributed by atoms with Crippen LogP contribution in [0.3, 0.4) is 0 Å². The predicted octanol–water partition coefficient (Wildman–Crippen LogP) is 2.06. The van der Waals surface area contributed by atoms with Crippen molar-refractivity contribution in [3.05, 3.63) is 21.9 Å². The van der Waals surface area contributed by atoms with E-state index in [0.717, 1.165) is 25.0 Å². The van der Waals surface area contributed by atoms with Gasteiger partial charge in [0.1, 0.15) is 0 Å². The second-order valence-electron chi connectivity index (χ2n) is 5.38. The zero-order valence-corrected chi connectivity index (χ0v) is 13.6. The van der Waals surface area contributed by atoms with Crippen LogP contribution in [0.25, 0.3) is 0 Å². The van der Waals surface area contributed by atoms with Crippen molar-refractivity contribution in [2.45, 2.75) is 26.8 Å². The van der Waals surface area contributed by atoms with Crippen molar-refractivity contribution in [2.24, 2.45) is 10.9 Å². The highest BCUT2D eigenvalue weighted by Crippen LogP contribution is 2.15. The molecule has 0 aromatic carbocycles. The summed E-state index contributed by atoms with van der Waals surface area (Å²) >= 11 is 1.80. The Morgan fingerprint density at radius 3 is 2.95 bits per heavy atom. The molecule has 0 saturated carbocycles. The number of aryl methyl sites for hydroxylation is 1. The third-order valence-corrected chi connectivity index (χ3v) is 5.01. The van der Waals surface area contributed by atoms with Crippen LogP contribution in [0, 0.1) is 12.8 Å². The van der Waals surface area contributed by atoms with Crippen LogP contribution in [0.1, 0.15) is 23.8 Å². The molecule has 1 atom stereocenters. The summed E-state index contributed by atoms with van der Waals surface area (Å²) in [6.07, 6.45) is 1.29. The molecule has 5 heteroatoms. The minimum Gasteiger partial charge on any atom is -0.356 e. The average Bonchev–Trinajstić information content (AvgIpc) is 3.08. The maximum atomic E-state index is 4.30. The molecule has 2 heterocycles. The molecule has 0 bridgehead atoms. The van der Waals surface area contributed by atoms with E-state index < -0.39 is 0 Å². The Hall–Kier alpha value is -1.07.